The molecule has 0 aromatic rings. The fourth-order valence-corrected chi connectivity index (χ4v) is 2.68. The first-order valence-corrected chi connectivity index (χ1v) is 4.60. The first-order valence-electron chi connectivity index (χ1n) is 4.60. The van der Waals surface area contributed by atoms with Crippen molar-refractivity contribution in [1.82, 2.24) is 0 Å². The third-order valence-corrected chi connectivity index (χ3v) is 3.29. The maximum Gasteiger partial charge on any atom is 0.0635 e. The van der Waals surface area contributed by atoms with Crippen molar-refractivity contribution in [3.63, 3.8) is 0 Å². The van der Waals surface area contributed by atoms with Gasteiger partial charge >= 0.3 is 0 Å². The number of hydrogen-bond acceptors (Lipinski definition) is 1. The first kappa shape index (κ1) is 7.35. The van der Waals surface area contributed by atoms with Crippen molar-refractivity contribution in [3.8, 4) is 0 Å². The minimum atomic E-state index is 0.516. The van der Waals surface area contributed by atoms with E-state index in [-0.39, 0.29) is 0 Å². The molecule has 1 aliphatic carbocycles. The van der Waals surface area contributed by atoms with E-state index in [0.717, 1.165) is 13.0 Å². The molecule has 11 heavy (non-hydrogen) atoms. The van der Waals surface area contributed by atoms with E-state index in [1.165, 1.54) is 25.7 Å². The van der Waals surface area contributed by atoms with Gasteiger partial charge in [-0.15, -0.1) is 6.58 Å². The highest BCUT2D eigenvalue weighted by molar-refractivity contribution is 4.99. The molecule has 0 radical (unpaired) electrons. The molecule has 62 valence electrons. The zero-order valence-electron chi connectivity index (χ0n) is 7.01. The molecule has 2 fully saturated rings. The van der Waals surface area contributed by atoms with Gasteiger partial charge in [-0.1, -0.05) is 12.5 Å². The third-order valence-electron chi connectivity index (χ3n) is 3.29. The van der Waals surface area contributed by atoms with Gasteiger partial charge in [0.05, 0.1) is 6.10 Å². The standard InChI is InChI=1S/C10H16O/c1-2-5-10-6-3-4-9(10)11-8-7-10/h2,9H,1,3-8H2/t9?,10-/m1/s1. The van der Waals surface area contributed by atoms with E-state index in [9.17, 15) is 0 Å². The van der Waals surface area contributed by atoms with Gasteiger partial charge in [0.25, 0.3) is 0 Å². The molecule has 1 saturated carbocycles. The summed E-state index contributed by atoms with van der Waals surface area (Å²) < 4.78 is 5.68. The zero-order chi connectivity index (χ0) is 7.73. The van der Waals surface area contributed by atoms with Crippen molar-refractivity contribution in [3.05, 3.63) is 12.7 Å². The van der Waals surface area contributed by atoms with Crippen LogP contribution in [0.25, 0.3) is 0 Å². The molecule has 2 atom stereocenters. The SMILES string of the molecule is C=CC[C@]12CCCC1OCC2. The third kappa shape index (κ3) is 1.02. The summed E-state index contributed by atoms with van der Waals surface area (Å²) in [5.41, 5.74) is 0.516. The van der Waals surface area contributed by atoms with Crippen molar-refractivity contribution < 1.29 is 4.74 Å². The van der Waals surface area contributed by atoms with Crippen molar-refractivity contribution in [2.24, 2.45) is 5.41 Å². The van der Waals surface area contributed by atoms with E-state index >= 15 is 0 Å². The largest absolute Gasteiger partial charge is 0.378 e. The minimum absolute atomic E-state index is 0.516. The van der Waals surface area contributed by atoms with Gasteiger partial charge in [-0.05, 0) is 25.7 Å². The topological polar surface area (TPSA) is 9.23 Å². The Kier molecular flexibility index (Phi) is 1.76. The molecule has 1 heterocycles. The van der Waals surface area contributed by atoms with E-state index in [0.29, 0.717) is 11.5 Å². The molecule has 1 aliphatic heterocycles. The van der Waals surface area contributed by atoms with Gasteiger partial charge in [0.15, 0.2) is 0 Å². The second kappa shape index (κ2) is 2.63. The summed E-state index contributed by atoms with van der Waals surface area (Å²) in [4.78, 5) is 0. The summed E-state index contributed by atoms with van der Waals surface area (Å²) in [5.74, 6) is 0. The summed E-state index contributed by atoms with van der Waals surface area (Å²) >= 11 is 0. The Morgan fingerprint density at radius 1 is 1.55 bits per heavy atom. The number of rotatable bonds is 2. The highest BCUT2D eigenvalue weighted by atomic mass is 16.5. The van der Waals surface area contributed by atoms with Crippen molar-refractivity contribution in [2.75, 3.05) is 6.61 Å². The molecule has 2 aliphatic rings. The molecular weight excluding hydrogens is 136 g/mol. The van der Waals surface area contributed by atoms with Gasteiger partial charge in [-0.25, -0.2) is 0 Å². The van der Waals surface area contributed by atoms with Gasteiger partial charge in [0, 0.05) is 12.0 Å². The van der Waals surface area contributed by atoms with E-state index in [4.69, 9.17) is 4.74 Å². The van der Waals surface area contributed by atoms with Crippen LogP contribution in [-0.4, -0.2) is 12.7 Å². The molecule has 0 aromatic heterocycles. The molecule has 0 spiro atoms. The monoisotopic (exact) mass is 152 g/mol. The number of fused-ring (bicyclic) bond motifs is 1. The highest BCUT2D eigenvalue weighted by Crippen LogP contribution is 2.49. The lowest BCUT2D eigenvalue weighted by Crippen LogP contribution is -2.23. The zero-order valence-corrected chi connectivity index (χ0v) is 7.01. The second-order valence-corrected chi connectivity index (χ2v) is 3.86. The molecule has 0 aromatic carbocycles. The maximum atomic E-state index is 5.68. The van der Waals surface area contributed by atoms with Crippen LogP contribution in [0.2, 0.25) is 0 Å². The number of hydrogen-bond donors (Lipinski definition) is 0. The Morgan fingerprint density at radius 2 is 2.45 bits per heavy atom. The molecule has 0 bridgehead atoms. The van der Waals surface area contributed by atoms with Crippen LogP contribution in [0.1, 0.15) is 32.1 Å². The van der Waals surface area contributed by atoms with E-state index in [2.05, 4.69) is 12.7 Å². The Bertz CT molecular complexity index is 152. The second-order valence-electron chi connectivity index (χ2n) is 3.86. The predicted octanol–water partition coefficient (Wildman–Crippen LogP) is 2.52. The fraction of sp³-hybridized carbons (Fsp3) is 0.800. The van der Waals surface area contributed by atoms with Crippen LogP contribution in [0.3, 0.4) is 0 Å². The van der Waals surface area contributed by atoms with Gasteiger partial charge in [-0.3, -0.25) is 0 Å². The first-order chi connectivity index (χ1) is 5.37. The van der Waals surface area contributed by atoms with Crippen molar-refractivity contribution in [1.29, 1.82) is 0 Å². The Hall–Kier alpha value is -0.300. The molecule has 0 N–H and O–H groups in total. The lowest BCUT2D eigenvalue weighted by atomic mass is 9.80. The quantitative estimate of drug-likeness (QED) is 0.552. The lowest BCUT2D eigenvalue weighted by molar-refractivity contribution is 0.0713. The van der Waals surface area contributed by atoms with Crippen molar-refractivity contribution >= 4 is 0 Å². The molecular formula is C10H16O. The summed E-state index contributed by atoms with van der Waals surface area (Å²) in [7, 11) is 0. The lowest BCUT2D eigenvalue weighted by Gasteiger charge is -2.25. The molecule has 1 nitrogen and oxygen atoms in total. The normalized spacial score (nSPS) is 42.4. The van der Waals surface area contributed by atoms with Gasteiger partial charge in [0.2, 0.25) is 0 Å². The summed E-state index contributed by atoms with van der Waals surface area (Å²) in [6, 6.07) is 0. The van der Waals surface area contributed by atoms with Crippen LogP contribution < -0.4 is 0 Å². The van der Waals surface area contributed by atoms with Gasteiger partial charge in [0.1, 0.15) is 0 Å². The van der Waals surface area contributed by atoms with Gasteiger partial charge in [-0.2, -0.15) is 0 Å². The van der Waals surface area contributed by atoms with Crippen LogP contribution in [0.4, 0.5) is 0 Å². The molecule has 0 amide bonds. The Morgan fingerprint density at radius 3 is 3.27 bits per heavy atom. The van der Waals surface area contributed by atoms with Crippen LogP contribution in [0.15, 0.2) is 12.7 Å². The Balaban J connectivity index is 2.13. The molecule has 1 saturated heterocycles. The van der Waals surface area contributed by atoms with Crippen LogP contribution >= 0.6 is 0 Å². The van der Waals surface area contributed by atoms with Gasteiger partial charge < -0.3 is 4.74 Å². The Labute approximate surface area is 68.4 Å². The molecule has 2 rings (SSSR count). The average molecular weight is 152 g/mol. The number of allylic oxidation sites excluding steroid dienone is 1. The van der Waals surface area contributed by atoms with Crippen LogP contribution in [0.5, 0.6) is 0 Å². The highest BCUT2D eigenvalue weighted by Gasteiger charge is 2.46. The fourth-order valence-electron chi connectivity index (χ4n) is 2.68. The van der Waals surface area contributed by atoms with Crippen LogP contribution in [-0.2, 0) is 4.74 Å². The molecule has 1 heteroatoms. The summed E-state index contributed by atoms with van der Waals surface area (Å²) in [5, 5.41) is 0. The summed E-state index contributed by atoms with van der Waals surface area (Å²) in [6.07, 6.45) is 9.07. The predicted molar refractivity (Wildman–Crippen MR) is 45.5 cm³/mol. The molecule has 1 unspecified atom stereocenters. The smallest absolute Gasteiger partial charge is 0.0635 e. The average Bonchev–Trinajstić information content (AvgIpc) is 2.45. The van der Waals surface area contributed by atoms with Crippen LogP contribution in [0, 0.1) is 5.41 Å². The van der Waals surface area contributed by atoms with Crippen molar-refractivity contribution in [2.45, 2.75) is 38.2 Å². The summed E-state index contributed by atoms with van der Waals surface area (Å²) in [6.45, 7) is 4.81. The number of ether oxygens (including phenoxy) is 1. The minimum Gasteiger partial charge on any atom is -0.378 e. The van der Waals surface area contributed by atoms with E-state index < -0.39 is 0 Å². The van der Waals surface area contributed by atoms with E-state index in [1.807, 2.05) is 0 Å². The van der Waals surface area contributed by atoms with E-state index in [1.54, 1.807) is 0 Å². The maximum absolute atomic E-state index is 5.68.